The molecule has 0 saturated heterocycles. The molecule has 0 aromatic carbocycles. The highest BCUT2D eigenvalue weighted by atomic mass is 32.2. The van der Waals surface area contributed by atoms with Crippen LogP contribution in [0.4, 0.5) is 0 Å². The maximum absolute atomic E-state index is 10.8. The Labute approximate surface area is 103 Å². The van der Waals surface area contributed by atoms with Crippen molar-refractivity contribution in [2.45, 2.75) is 12.2 Å². The molecule has 0 spiro atoms. The molecular weight excluding hydrogens is 242 g/mol. The van der Waals surface area contributed by atoms with E-state index in [1.165, 1.54) is 24.9 Å². The molecule has 0 atom stereocenters. The van der Waals surface area contributed by atoms with E-state index in [2.05, 4.69) is 9.72 Å². The van der Waals surface area contributed by atoms with Crippen molar-refractivity contribution < 1.29 is 19.4 Å². The molecule has 0 aliphatic rings. The number of thioether (sulfide) groups is 1. The number of aromatic carboxylic acids is 1. The summed E-state index contributed by atoms with van der Waals surface area (Å²) in [4.78, 5) is 25.5. The van der Waals surface area contributed by atoms with Gasteiger partial charge in [-0.25, -0.2) is 9.78 Å². The molecule has 0 bridgehead atoms. The molecule has 1 N–H and O–H groups in total. The fraction of sp³-hybridized carbons (Fsp3) is 0.364. The van der Waals surface area contributed by atoms with Gasteiger partial charge in [-0.1, -0.05) is 6.07 Å². The van der Waals surface area contributed by atoms with E-state index in [9.17, 15) is 9.59 Å². The van der Waals surface area contributed by atoms with E-state index in [-0.39, 0.29) is 11.7 Å². The predicted octanol–water partition coefficient (Wildman–Crippen LogP) is 1.58. The Hall–Kier alpha value is -1.56. The minimum atomic E-state index is -1.04. The summed E-state index contributed by atoms with van der Waals surface area (Å²) in [5.41, 5.74) is 0.732. The average Bonchev–Trinajstić information content (AvgIpc) is 2.34. The fourth-order valence-electron chi connectivity index (χ4n) is 1.11. The number of esters is 1. The number of carboxylic acid groups (broad SMARTS) is 1. The molecule has 0 saturated carbocycles. The van der Waals surface area contributed by atoms with Crippen molar-refractivity contribution in [1.29, 1.82) is 0 Å². The van der Waals surface area contributed by atoms with Gasteiger partial charge in [-0.2, -0.15) is 11.8 Å². The first kappa shape index (κ1) is 13.5. The number of hydrogen-bond donors (Lipinski definition) is 1. The van der Waals surface area contributed by atoms with Gasteiger partial charge in [-0.3, -0.25) is 4.79 Å². The minimum Gasteiger partial charge on any atom is -0.477 e. The molecule has 0 aliphatic carbocycles. The van der Waals surface area contributed by atoms with Crippen LogP contribution < -0.4 is 0 Å². The predicted molar refractivity (Wildman–Crippen MR) is 64.0 cm³/mol. The molecule has 17 heavy (non-hydrogen) atoms. The lowest BCUT2D eigenvalue weighted by Gasteiger charge is -2.02. The number of pyridine rings is 1. The van der Waals surface area contributed by atoms with Crippen molar-refractivity contribution in [2.75, 3.05) is 12.9 Å². The fourth-order valence-corrected chi connectivity index (χ4v) is 1.94. The number of carbonyl (C=O) groups excluding carboxylic acids is 1. The number of ether oxygens (including phenoxy) is 1. The summed E-state index contributed by atoms with van der Waals surface area (Å²) in [7, 11) is 1.35. The molecule has 0 radical (unpaired) electrons. The quantitative estimate of drug-likeness (QED) is 0.614. The summed E-state index contributed by atoms with van der Waals surface area (Å²) in [5, 5.41) is 8.76. The lowest BCUT2D eigenvalue weighted by molar-refractivity contribution is -0.140. The van der Waals surface area contributed by atoms with Gasteiger partial charge in [0, 0.05) is 11.5 Å². The van der Waals surface area contributed by atoms with Crippen LogP contribution in [0.15, 0.2) is 18.2 Å². The number of methoxy groups -OCH3 is 1. The maximum Gasteiger partial charge on any atom is 0.354 e. The van der Waals surface area contributed by atoms with E-state index < -0.39 is 5.97 Å². The second kappa shape index (κ2) is 6.90. The van der Waals surface area contributed by atoms with Gasteiger partial charge in [0.25, 0.3) is 0 Å². The zero-order chi connectivity index (χ0) is 12.7. The van der Waals surface area contributed by atoms with Crippen molar-refractivity contribution >= 4 is 23.7 Å². The molecule has 1 heterocycles. The molecule has 6 heteroatoms. The number of hydrogen-bond acceptors (Lipinski definition) is 5. The zero-order valence-electron chi connectivity index (χ0n) is 9.38. The molecular formula is C11H13NO4S. The Bertz CT molecular complexity index is 408. The third kappa shape index (κ3) is 4.86. The molecule has 0 fully saturated rings. The van der Waals surface area contributed by atoms with Gasteiger partial charge in [0.1, 0.15) is 5.69 Å². The first-order valence-corrected chi connectivity index (χ1v) is 6.12. The van der Waals surface area contributed by atoms with E-state index >= 15 is 0 Å². The standard InChI is InChI=1S/C11H13NO4S/c1-16-10(13)5-6-17-7-8-3-2-4-9(12-8)11(14)15/h2-4H,5-7H2,1H3,(H,14,15). The molecule has 1 aromatic heterocycles. The average molecular weight is 255 g/mol. The second-order valence-electron chi connectivity index (χ2n) is 3.20. The molecule has 92 valence electrons. The summed E-state index contributed by atoms with van der Waals surface area (Å²) < 4.78 is 4.51. The van der Waals surface area contributed by atoms with Crippen LogP contribution in [0.3, 0.4) is 0 Å². The monoisotopic (exact) mass is 255 g/mol. The maximum atomic E-state index is 10.8. The number of carbonyl (C=O) groups is 2. The van der Waals surface area contributed by atoms with E-state index in [1.807, 2.05) is 0 Å². The summed E-state index contributed by atoms with van der Waals surface area (Å²) in [5.74, 6) is -0.0693. The number of aromatic nitrogens is 1. The Morgan fingerprint density at radius 3 is 2.88 bits per heavy atom. The molecule has 0 amide bonds. The third-order valence-corrected chi connectivity index (χ3v) is 2.95. The Kier molecular flexibility index (Phi) is 5.48. The number of carboxylic acids is 1. The van der Waals surface area contributed by atoms with Crippen LogP contribution in [0.5, 0.6) is 0 Å². The van der Waals surface area contributed by atoms with Gasteiger partial charge in [-0.15, -0.1) is 0 Å². The van der Waals surface area contributed by atoms with Crippen LogP contribution in [0.25, 0.3) is 0 Å². The summed E-state index contributed by atoms with van der Waals surface area (Å²) in [6, 6.07) is 4.87. The van der Waals surface area contributed by atoms with Crippen LogP contribution in [0.1, 0.15) is 22.6 Å². The number of nitrogens with zero attached hydrogens (tertiary/aromatic N) is 1. The van der Waals surface area contributed by atoms with Gasteiger partial charge in [0.05, 0.1) is 19.2 Å². The molecule has 0 unspecified atom stereocenters. The number of rotatable bonds is 6. The first-order chi connectivity index (χ1) is 8.13. The highest BCUT2D eigenvalue weighted by molar-refractivity contribution is 7.98. The van der Waals surface area contributed by atoms with Crippen molar-refractivity contribution in [3.63, 3.8) is 0 Å². The van der Waals surface area contributed by atoms with Crippen molar-refractivity contribution in [3.05, 3.63) is 29.6 Å². The topological polar surface area (TPSA) is 76.5 Å². The smallest absolute Gasteiger partial charge is 0.354 e. The van der Waals surface area contributed by atoms with Crippen LogP contribution in [-0.2, 0) is 15.3 Å². The first-order valence-electron chi connectivity index (χ1n) is 4.97. The van der Waals surface area contributed by atoms with Gasteiger partial charge >= 0.3 is 11.9 Å². The van der Waals surface area contributed by atoms with E-state index in [0.717, 1.165) is 0 Å². The highest BCUT2D eigenvalue weighted by Crippen LogP contribution is 2.12. The van der Waals surface area contributed by atoms with Crippen molar-refractivity contribution in [3.8, 4) is 0 Å². The summed E-state index contributed by atoms with van der Waals surface area (Å²) >= 11 is 1.51. The van der Waals surface area contributed by atoms with Crippen LogP contribution in [-0.4, -0.2) is 34.9 Å². The van der Waals surface area contributed by atoms with Gasteiger partial charge < -0.3 is 9.84 Å². The van der Waals surface area contributed by atoms with Crippen LogP contribution in [0.2, 0.25) is 0 Å². The Morgan fingerprint density at radius 1 is 1.47 bits per heavy atom. The zero-order valence-corrected chi connectivity index (χ0v) is 10.2. The van der Waals surface area contributed by atoms with Gasteiger partial charge in [0.2, 0.25) is 0 Å². The lowest BCUT2D eigenvalue weighted by atomic mass is 10.3. The lowest BCUT2D eigenvalue weighted by Crippen LogP contribution is -2.03. The minimum absolute atomic E-state index is 0.0380. The largest absolute Gasteiger partial charge is 0.477 e. The molecule has 0 aliphatic heterocycles. The van der Waals surface area contributed by atoms with Crippen LogP contribution >= 0.6 is 11.8 Å². The summed E-state index contributed by atoms with van der Waals surface area (Å²) in [6.45, 7) is 0. The normalized spacial score (nSPS) is 9.94. The van der Waals surface area contributed by atoms with Crippen LogP contribution in [0, 0.1) is 0 Å². The van der Waals surface area contributed by atoms with E-state index in [1.54, 1.807) is 12.1 Å². The van der Waals surface area contributed by atoms with Gasteiger partial charge in [0.15, 0.2) is 0 Å². The van der Waals surface area contributed by atoms with E-state index in [0.29, 0.717) is 23.6 Å². The SMILES string of the molecule is COC(=O)CCSCc1cccc(C(=O)O)n1. The van der Waals surface area contributed by atoms with E-state index in [4.69, 9.17) is 5.11 Å². The second-order valence-corrected chi connectivity index (χ2v) is 4.30. The Morgan fingerprint density at radius 2 is 2.24 bits per heavy atom. The summed E-state index contributed by atoms with van der Waals surface area (Å²) in [6.07, 6.45) is 0.347. The molecule has 1 rings (SSSR count). The molecule has 5 nitrogen and oxygen atoms in total. The van der Waals surface area contributed by atoms with Crippen molar-refractivity contribution in [2.24, 2.45) is 0 Å². The van der Waals surface area contributed by atoms with Gasteiger partial charge in [-0.05, 0) is 12.1 Å². The molecule has 1 aromatic rings. The highest BCUT2D eigenvalue weighted by Gasteiger charge is 2.05. The van der Waals surface area contributed by atoms with Crippen molar-refractivity contribution in [1.82, 2.24) is 4.98 Å². The Balaban J connectivity index is 2.39. The third-order valence-electron chi connectivity index (χ3n) is 1.95.